The number of carbonyl (C=O) groups excluding carboxylic acids is 2. The van der Waals surface area contributed by atoms with Gasteiger partial charge in [-0.05, 0) is 12.5 Å². The molecule has 1 aromatic carbocycles. The number of aliphatic carboxylic acids is 1. The summed E-state index contributed by atoms with van der Waals surface area (Å²) in [6, 6.07) is 5.72. The Bertz CT molecular complexity index is 545. The van der Waals surface area contributed by atoms with Crippen molar-refractivity contribution >= 4 is 17.9 Å². The summed E-state index contributed by atoms with van der Waals surface area (Å²) in [6.07, 6.45) is -0.445. The predicted molar refractivity (Wildman–Crippen MR) is 76.4 cm³/mol. The smallest absolute Gasteiger partial charge is 0.326 e. The molecule has 21 heavy (non-hydrogen) atoms. The molecule has 1 rings (SSSR count). The molecule has 7 heteroatoms. The molecule has 0 heterocycles. The van der Waals surface area contributed by atoms with Gasteiger partial charge in [0.25, 0.3) is 0 Å². The van der Waals surface area contributed by atoms with Gasteiger partial charge in [0.1, 0.15) is 6.04 Å². The third-order valence-electron chi connectivity index (χ3n) is 2.85. The number of primary amides is 1. The molecule has 0 fully saturated rings. The van der Waals surface area contributed by atoms with Crippen LogP contribution in [0.25, 0.3) is 0 Å². The molecule has 0 bridgehead atoms. The van der Waals surface area contributed by atoms with E-state index < -0.39 is 30.4 Å². The topological polar surface area (TPSA) is 113 Å². The van der Waals surface area contributed by atoms with Crippen molar-refractivity contribution in [3.8, 4) is 0 Å². The Morgan fingerprint density at radius 2 is 2.05 bits per heavy atom. The number of hydrogen-bond acceptors (Lipinski definition) is 3. The van der Waals surface area contributed by atoms with Crippen LogP contribution >= 0.6 is 0 Å². The number of rotatable bonds is 6. The van der Waals surface area contributed by atoms with E-state index in [9.17, 15) is 14.4 Å². The minimum Gasteiger partial charge on any atom is -0.480 e. The van der Waals surface area contributed by atoms with Crippen molar-refractivity contribution in [1.29, 1.82) is 0 Å². The van der Waals surface area contributed by atoms with Crippen molar-refractivity contribution in [3.05, 3.63) is 35.4 Å². The third kappa shape index (κ3) is 5.52. The number of nitrogens with zero attached hydrogens (tertiary/aromatic N) is 1. The number of hydrogen-bond donors (Lipinski definition) is 3. The Morgan fingerprint density at radius 3 is 2.57 bits per heavy atom. The summed E-state index contributed by atoms with van der Waals surface area (Å²) in [6.45, 7) is 2.27. The van der Waals surface area contributed by atoms with E-state index in [1.807, 2.05) is 31.2 Å². The van der Waals surface area contributed by atoms with Gasteiger partial charge in [-0.3, -0.25) is 4.79 Å². The molecule has 3 amide bonds. The fourth-order valence-electron chi connectivity index (χ4n) is 1.82. The zero-order chi connectivity index (χ0) is 16.0. The maximum atomic E-state index is 11.9. The first-order valence-electron chi connectivity index (χ1n) is 6.38. The van der Waals surface area contributed by atoms with Crippen molar-refractivity contribution < 1.29 is 19.5 Å². The lowest BCUT2D eigenvalue weighted by molar-refractivity contribution is -0.140. The Balaban J connectivity index is 2.64. The minimum atomic E-state index is -1.32. The molecule has 0 aliphatic heterocycles. The van der Waals surface area contributed by atoms with Crippen LogP contribution in [0.5, 0.6) is 0 Å². The fourth-order valence-corrected chi connectivity index (χ4v) is 1.82. The monoisotopic (exact) mass is 293 g/mol. The molecule has 0 unspecified atom stereocenters. The van der Waals surface area contributed by atoms with Crippen LogP contribution in [-0.2, 0) is 16.1 Å². The lowest BCUT2D eigenvalue weighted by Gasteiger charge is -2.21. The van der Waals surface area contributed by atoms with E-state index in [-0.39, 0.29) is 0 Å². The first-order chi connectivity index (χ1) is 9.79. The van der Waals surface area contributed by atoms with Crippen molar-refractivity contribution in [2.75, 3.05) is 7.05 Å². The standard InChI is InChI=1S/C14H19N3O4/c1-9-4-3-5-10(6-9)8-17(2)14(21)16-11(13(19)20)7-12(15)18/h3-6,11H,7-8H2,1-2H3,(H2,15,18)(H,16,21)(H,19,20)/t11-/m0/s1. The molecule has 0 aromatic heterocycles. The molecular formula is C14H19N3O4. The molecule has 0 radical (unpaired) electrons. The number of nitrogens with two attached hydrogens (primary N) is 1. The van der Waals surface area contributed by atoms with Crippen LogP contribution in [0.2, 0.25) is 0 Å². The highest BCUT2D eigenvalue weighted by Gasteiger charge is 2.23. The lowest BCUT2D eigenvalue weighted by atomic mass is 10.1. The Morgan fingerprint density at radius 1 is 1.38 bits per heavy atom. The Hall–Kier alpha value is -2.57. The van der Waals surface area contributed by atoms with Crippen molar-refractivity contribution in [1.82, 2.24) is 10.2 Å². The summed E-state index contributed by atoms with van der Waals surface area (Å²) >= 11 is 0. The van der Waals surface area contributed by atoms with Crippen LogP contribution in [0, 0.1) is 6.92 Å². The first kappa shape index (κ1) is 16.5. The summed E-state index contributed by atoms with van der Waals surface area (Å²) in [5, 5.41) is 11.2. The van der Waals surface area contributed by atoms with Crippen molar-refractivity contribution in [2.24, 2.45) is 5.73 Å². The lowest BCUT2D eigenvalue weighted by Crippen LogP contribution is -2.48. The van der Waals surface area contributed by atoms with E-state index in [0.29, 0.717) is 6.54 Å². The van der Waals surface area contributed by atoms with Gasteiger partial charge < -0.3 is 21.1 Å². The van der Waals surface area contributed by atoms with Crippen LogP contribution in [-0.4, -0.2) is 41.0 Å². The molecule has 0 saturated heterocycles. The van der Waals surface area contributed by atoms with Crippen LogP contribution in [0.3, 0.4) is 0 Å². The van der Waals surface area contributed by atoms with Crippen LogP contribution in [0.4, 0.5) is 4.79 Å². The largest absolute Gasteiger partial charge is 0.480 e. The Labute approximate surface area is 122 Å². The molecule has 1 atom stereocenters. The average Bonchev–Trinajstić information content (AvgIpc) is 2.37. The molecule has 4 N–H and O–H groups in total. The molecule has 0 saturated carbocycles. The van der Waals surface area contributed by atoms with E-state index >= 15 is 0 Å². The first-order valence-corrected chi connectivity index (χ1v) is 6.38. The second-order valence-corrected chi connectivity index (χ2v) is 4.86. The van der Waals surface area contributed by atoms with Crippen LogP contribution in [0.15, 0.2) is 24.3 Å². The number of amides is 3. The van der Waals surface area contributed by atoms with Gasteiger partial charge in [0.15, 0.2) is 0 Å². The molecule has 0 spiro atoms. The molecule has 7 nitrogen and oxygen atoms in total. The van der Waals surface area contributed by atoms with Gasteiger partial charge in [-0.15, -0.1) is 0 Å². The number of aryl methyl sites for hydroxylation is 1. The van der Waals surface area contributed by atoms with E-state index in [1.165, 1.54) is 4.90 Å². The third-order valence-corrected chi connectivity index (χ3v) is 2.85. The maximum absolute atomic E-state index is 11.9. The number of nitrogens with one attached hydrogen (secondary N) is 1. The Kier molecular flexibility index (Phi) is 5.71. The van der Waals surface area contributed by atoms with Gasteiger partial charge in [-0.25, -0.2) is 9.59 Å². The van der Waals surface area contributed by atoms with E-state index in [4.69, 9.17) is 10.8 Å². The highest BCUT2D eigenvalue weighted by Crippen LogP contribution is 2.07. The predicted octanol–water partition coefficient (Wildman–Crippen LogP) is 0.465. The van der Waals surface area contributed by atoms with E-state index in [0.717, 1.165) is 11.1 Å². The molecule has 114 valence electrons. The summed E-state index contributed by atoms with van der Waals surface area (Å²) in [5.74, 6) is -2.09. The van der Waals surface area contributed by atoms with Crippen molar-refractivity contribution in [2.45, 2.75) is 25.9 Å². The van der Waals surface area contributed by atoms with Gasteiger partial charge in [0.2, 0.25) is 5.91 Å². The highest BCUT2D eigenvalue weighted by molar-refractivity contribution is 5.87. The van der Waals surface area contributed by atoms with Crippen LogP contribution < -0.4 is 11.1 Å². The van der Waals surface area contributed by atoms with Crippen LogP contribution in [0.1, 0.15) is 17.5 Å². The molecule has 0 aliphatic carbocycles. The second-order valence-electron chi connectivity index (χ2n) is 4.86. The fraction of sp³-hybridized carbons (Fsp3) is 0.357. The number of benzene rings is 1. The summed E-state index contributed by atoms with van der Waals surface area (Å²) in [7, 11) is 1.54. The quantitative estimate of drug-likeness (QED) is 0.707. The van der Waals surface area contributed by atoms with E-state index in [1.54, 1.807) is 7.05 Å². The van der Waals surface area contributed by atoms with Gasteiger partial charge in [0.05, 0.1) is 6.42 Å². The van der Waals surface area contributed by atoms with Gasteiger partial charge in [-0.2, -0.15) is 0 Å². The number of carboxylic acids is 1. The second kappa shape index (κ2) is 7.28. The SMILES string of the molecule is Cc1cccc(CN(C)C(=O)N[C@@H](CC(N)=O)C(=O)O)c1. The summed E-state index contributed by atoms with van der Waals surface area (Å²) in [5.41, 5.74) is 6.95. The van der Waals surface area contributed by atoms with E-state index in [2.05, 4.69) is 5.32 Å². The summed E-state index contributed by atoms with van der Waals surface area (Å²) < 4.78 is 0. The zero-order valence-corrected chi connectivity index (χ0v) is 12.0. The van der Waals surface area contributed by atoms with Crippen molar-refractivity contribution in [3.63, 3.8) is 0 Å². The molecular weight excluding hydrogens is 274 g/mol. The summed E-state index contributed by atoms with van der Waals surface area (Å²) in [4.78, 5) is 35.0. The number of carbonyl (C=O) groups is 3. The zero-order valence-electron chi connectivity index (χ0n) is 12.0. The maximum Gasteiger partial charge on any atom is 0.326 e. The number of urea groups is 1. The number of carboxylic acid groups (broad SMARTS) is 1. The normalized spacial score (nSPS) is 11.5. The van der Waals surface area contributed by atoms with Gasteiger partial charge >= 0.3 is 12.0 Å². The average molecular weight is 293 g/mol. The highest BCUT2D eigenvalue weighted by atomic mass is 16.4. The van der Waals surface area contributed by atoms with Gasteiger partial charge in [0, 0.05) is 13.6 Å². The molecule has 1 aromatic rings. The minimum absolute atomic E-state index is 0.330. The van der Waals surface area contributed by atoms with Gasteiger partial charge in [-0.1, -0.05) is 29.8 Å². The molecule has 0 aliphatic rings.